The van der Waals surface area contributed by atoms with Gasteiger partial charge in [0, 0.05) is 6.54 Å². The molecule has 0 aliphatic heterocycles. The molecule has 0 aliphatic carbocycles. The van der Waals surface area contributed by atoms with Crippen molar-refractivity contribution >= 4 is 11.9 Å². The Labute approximate surface area is 165 Å². The van der Waals surface area contributed by atoms with Gasteiger partial charge in [-0.05, 0) is 16.7 Å². The standard InChI is InChI=1S/C24H23NO3/c26-22(28-18-19-10-4-1-5-11-19)16-17-25-24(27)23(20-12-6-2-7-13-20)21-14-8-3-9-15-21/h1-15,23H,16-18H2,(H,25,27). The van der Waals surface area contributed by atoms with E-state index in [2.05, 4.69) is 5.32 Å². The Morgan fingerprint density at radius 1 is 0.750 bits per heavy atom. The van der Waals surface area contributed by atoms with E-state index in [-0.39, 0.29) is 31.4 Å². The van der Waals surface area contributed by atoms with E-state index in [0.29, 0.717) is 0 Å². The normalized spacial score (nSPS) is 10.5. The summed E-state index contributed by atoms with van der Waals surface area (Å²) >= 11 is 0. The number of benzene rings is 3. The van der Waals surface area contributed by atoms with Crippen LogP contribution in [-0.2, 0) is 20.9 Å². The molecule has 3 rings (SSSR count). The number of ether oxygens (including phenoxy) is 1. The Bertz CT molecular complexity index is 840. The van der Waals surface area contributed by atoms with Crippen molar-refractivity contribution in [1.82, 2.24) is 5.32 Å². The first kappa shape index (κ1) is 19.4. The molecule has 0 saturated carbocycles. The minimum Gasteiger partial charge on any atom is -0.461 e. The minimum atomic E-state index is -0.414. The van der Waals surface area contributed by atoms with Crippen molar-refractivity contribution < 1.29 is 14.3 Å². The average Bonchev–Trinajstić information content (AvgIpc) is 2.75. The van der Waals surface area contributed by atoms with Crippen LogP contribution in [0.15, 0.2) is 91.0 Å². The van der Waals surface area contributed by atoms with Crippen LogP contribution in [0.25, 0.3) is 0 Å². The molecule has 4 heteroatoms. The maximum Gasteiger partial charge on any atom is 0.307 e. The summed E-state index contributed by atoms with van der Waals surface area (Å²) in [6, 6.07) is 28.8. The van der Waals surface area contributed by atoms with E-state index in [1.54, 1.807) is 0 Å². The number of hydrogen-bond acceptors (Lipinski definition) is 3. The molecule has 0 saturated heterocycles. The fourth-order valence-corrected chi connectivity index (χ4v) is 2.99. The molecule has 1 amide bonds. The third-order valence-corrected chi connectivity index (χ3v) is 4.40. The van der Waals surface area contributed by atoms with Gasteiger partial charge in [0.25, 0.3) is 0 Å². The van der Waals surface area contributed by atoms with Gasteiger partial charge in [0.2, 0.25) is 5.91 Å². The molecule has 3 aromatic rings. The molecule has 0 bridgehead atoms. The number of carbonyl (C=O) groups excluding carboxylic acids is 2. The summed E-state index contributed by atoms with van der Waals surface area (Å²) < 4.78 is 5.25. The first-order valence-corrected chi connectivity index (χ1v) is 9.31. The predicted molar refractivity (Wildman–Crippen MR) is 109 cm³/mol. The van der Waals surface area contributed by atoms with Crippen molar-refractivity contribution in [3.05, 3.63) is 108 Å². The van der Waals surface area contributed by atoms with Gasteiger partial charge in [0.1, 0.15) is 6.61 Å². The Morgan fingerprint density at radius 2 is 1.25 bits per heavy atom. The van der Waals surface area contributed by atoms with E-state index < -0.39 is 5.92 Å². The van der Waals surface area contributed by atoms with Gasteiger partial charge in [-0.3, -0.25) is 9.59 Å². The third kappa shape index (κ3) is 5.55. The molecule has 0 fully saturated rings. The van der Waals surface area contributed by atoms with E-state index in [1.165, 1.54) is 0 Å². The smallest absolute Gasteiger partial charge is 0.307 e. The van der Waals surface area contributed by atoms with Gasteiger partial charge >= 0.3 is 5.97 Å². The zero-order valence-corrected chi connectivity index (χ0v) is 15.6. The number of carbonyl (C=O) groups is 2. The molecular weight excluding hydrogens is 350 g/mol. The highest BCUT2D eigenvalue weighted by atomic mass is 16.5. The lowest BCUT2D eigenvalue weighted by molar-refractivity contribution is -0.144. The second-order valence-corrected chi connectivity index (χ2v) is 6.44. The molecule has 4 nitrogen and oxygen atoms in total. The van der Waals surface area contributed by atoms with Crippen LogP contribution in [0.4, 0.5) is 0 Å². The topological polar surface area (TPSA) is 55.4 Å². The Kier molecular flexibility index (Phi) is 6.96. The summed E-state index contributed by atoms with van der Waals surface area (Å²) in [5.74, 6) is -0.879. The molecule has 1 N–H and O–H groups in total. The molecule has 0 spiro atoms. The van der Waals surface area contributed by atoms with Gasteiger partial charge in [-0.1, -0.05) is 91.0 Å². The molecule has 0 radical (unpaired) electrons. The molecule has 142 valence electrons. The van der Waals surface area contributed by atoms with Crippen LogP contribution < -0.4 is 5.32 Å². The highest BCUT2D eigenvalue weighted by molar-refractivity contribution is 5.87. The lowest BCUT2D eigenvalue weighted by Crippen LogP contribution is -2.32. The van der Waals surface area contributed by atoms with Crippen molar-refractivity contribution in [3.8, 4) is 0 Å². The molecule has 3 aromatic carbocycles. The van der Waals surface area contributed by atoms with Gasteiger partial charge in [-0.2, -0.15) is 0 Å². The fourth-order valence-electron chi connectivity index (χ4n) is 2.99. The Morgan fingerprint density at radius 3 is 1.79 bits per heavy atom. The number of amides is 1. The van der Waals surface area contributed by atoms with E-state index >= 15 is 0 Å². The molecular formula is C24H23NO3. The van der Waals surface area contributed by atoms with Crippen molar-refractivity contribution in [2.45, 2.75) is 18.9 Å². The van der Waals surface area contributed by atoms with E-state index in [9.17, 15) is 9.59 Å². The van der Waals surface area contributed by atoms with Gasteiger partial charge in [0.15, 0.2) is 0 Å². The van der Waals surface area contributed by atoms with E-state index in [1.807, 2.05) is 91.0 Å². The quantitative estimate of drug-likeness (QED) is 0.606. The number of esters is 1. The molecule has 0 heterocycles. The van der Waals surface area contributed by atoms with Crippen molar-refractivity contribution in [2.24, 2.45) is 0 Å². The number of nitrogens with one attached hydrogen (secondary N) is 1. The summed E-state index contributed by atoms with van der Waals surface area (Å²) in [7, 11) is 0. The maximum absolute atomic E-state index is 12.8. The number of rotatable bonds is 8. The molecule has 0 atom stereocenters. The monoisotopic (exact) mass is 373 g/mol. The summed E-state index contributed by atoms with van der Waals surface area (Å²) in [6.45, 7) is 0.479. The minimum absolute atomic E-state index is 0.131. The van der Waals surface area contributed by atoms with E-state index in [4.69, 9.17) is 4.74 Å². The summed E-state index contributed by atoms with van der Waals surface area (Å²) in [5, 5.41) is 2.87. The summed E-state index contributed by atoms with van der Waals surface area (Å²) in [6.07, 6.45) is 0.134. The summed E-state index contributed by atoms with van der Waals surface area (Å²) in [4.78, 5) is 24.8. The largest absolute Gasteiger partial charge is 0.461 e. The van der Waals surface area contributed by atoms with Crippen LogP contribution in [0.5, 0.6) is 0 Å². The third-order valence-electron chi connectivity index (χ3n) is 4.40. The Balaban J connectivity index is 1.55. The predicted octanol–water partition coefficient (Wildman–Crippen LogP) is 4.07. The molecule has 0 aromatic heterocycles. The van der Waals surface area contributed by atoms with Crippen LogP contribution in [0.1, 0.15) is 29.0 Å². The summed E-state index contributed by atoms with van der Waals surface area (Å²) in [5.41, 5.74) is 2.77. The fraction of sp³-hybridized carbons (Fsp3) is 0.167. The van der Waals surface area contributed by atoms with Crippen LogP contribution in [0, 0.1) is 0 Å². The van der Waals surface area contributed by atoms with Crippen molar-refractivity contribution in [2.75, 3.05) is 6.54 Å². The second-order valence-electron chi connectivity index (χ2n) is 6.44. The van der Waals surface area contributed by atoms with Gasteiger partial charge in [-0.25, -0.2) is 0 Å². The lowest BCUT2D eigenvalue weighted by atomic mass is 9.90. The van der Waals surface area contributed by atoms with Crippen LogP contribution >= 0.6 is 0 Å². The Hall–Kier alpha value is -3.40. The number of hydrogen-bond donors (Lipinski definition) is 1. The van der Waals surface area contributed by atoms with Crippen molar-refractivity contribution in [1.29, 1.82) is 0 Å². The van der Waals surface area contributed by atoms with Crippen LogP contribution in [0.2, 0.25) is 0 Å². The molecule has 0 aliphatic rings. The zero-order chi connectivity index (χ0) is 19.6. The van der Waals surface area contributed by atoms with E-state index in [0.717, 1.165) is 16.7 Å². The van der Waals surface area contributed by atoms with Crippen LogP contribution in [-0.4, -0.2) is 18.4 Å². The average molecular weight is 373 g/mol. The van der Waals surface area contributed by atoms with Crippen LogP contribution in [0.3, 0.4) is 0 Å². The highest BCUT2D eigenvalue weighted by Crippen LogP contribution is 2.24. The SMILES string of the molecule is O=C(CCNC(=O)C(c1ccccc1)c1ccccc1)OCc1ccccc1. The van der Waals surface area contributed by atoms with Crippen molar-refractivity contribution in [3.63, 3.8) is 0 Å². The first-order valence-electron chi connectivity index (χ1n) is 9.31. The second kappa shape index (κ2) is 10.1. The molecule has 28 heavy (non-hydrogen) atoms. The van der Waals surface area contributed by atoms with Gasteiger partial charge in [0.05, 0.1) is 12.3 Å². The lowest BCUT2D eigenvalue weighted by Gasteiger charge is -2.17. The van der Waals surface area contributed by atoms with Gasteiger partial charge in [-0.15, -0.1) is 0 Å². The first-order chi connectivity index (χ1) is 13.7. The maximum atomic E-state index is 12.8. The molecule has 0 unspecified atom stereocenters. The van der Waals surface area contributed by atoms with Gasteiger partial charge < -0.3 is 10.1 Å². The highest BCUT2D eigenvalue weighted by Gasteiger charge is 2.22. The zero-order valence-electron chi connectivity index (χ0n) is 15.6.